The normalized spacial score (nSPS) is 15.4. The van der Waals surface area contributed by atoms with Gasteiger partial charge in [0.1, 0.15) is 0 Å². The highest BCUT2D eigenvalue weighted by Crippen LogP contribution is 2.43. The molecule has 1 amide bonds. The standard InChI is InChI=1S/C17H15ClFNOS2/c18-13-3-1-4-14(15(13)19)20-16(21)11-5-7-12(8-6-11)17-22-9-2-10-23-17/h1,3-8,17H,2,9-10H2,(H,20,21). The first-order chi connectivity index (χ1) is 11.1. The van der Waals surface area contributed by atoms with Crippen LogP contribution in [0.1, 0.15) is 26.9 Å². The first kappa shape index (κ1) is 16.7. The highest BCUT2D eigenvalue weighted by Gasteiger charge is 2.17. The van der Waals surface area contributed by atoms with Gasteiger partial charge in [0.15, 0.2) is 5.82 Å². The Morgan fingerprint density at radius 1 is 1.13 bits per heavy atom. The molecular weight excluding hydrogens is 353 g/mol. The molecule has 0 aromatic heterocycles. The molecular formula is C17H15ClFNOS2. The second-order valence-electron chi connectivity index (χ2n) is 5.10. The number of thioether (sulfide) groups is 2. The molecule has 3 rings (SSSR count). The lowest BCUT2D eigenvalue weighted by Crippen LogP contribution is -2.13. The molecule has 1 N–H and O–H groups in total. The van der Waals surface area contributed by atoms with Gasteiger partial charge in [0.25, 0.3) is 5.91 Å². The monoisotopic (exact) mass is 367 g/mol. The van der Waals surface area contributed by atoms with Crippen LogP contribution in [0.25, 0.3) is 0 Å². The molecule has 0 unspecified atom stereocenters. The third kappa shape index (κ3) is 4.03. The van der Waals surface area contributed by atoms with E-state index < -0.39 is 5.82 Å². The third-order valence-corrected chi connectivity index (χ3v) is 6.78. The number of carbonyl (C=O) groups is 1. The molecule has 0 aliphatic carbocycles. The van der Waals surface area contributed by atoms with E-state index in [1.165, 1.54) is 35.6 Å². The van der Waals surface area contributed by atoms with Crippen molar-refractivity contribution in [2.24, 2.45) is 0 Å². The maximum atomic E-state index is 13.8. The molecule has 120 valence electrons. The van der Waals surface area contributed by atoms with Crippen molar-refractivity contribution in [3.05, 3.63) is 64.4 Å². The Hall–Kier alpha value is -1.17. The smallest absolute Gasteiger partial charge is 0.255 e. The van der Waals surface area contributed by atoms with Gasteiger partial charge in [-0.1, -0.05) is 29.8 Å². The van der Waals surface area contributed by atoms with Crippen LogP contribution < -0.4 is 5.32 Å². The van der Waals surface area contributed by atoms with E-state index in [0.29, 0.717) is 10.1 Å². The van der Waals surface area contributed by atoms with E-state index in [1.54, 1.807) is 18.2 Å². The number of carbonyl (C=O) groups excluding carboxylic acids is 1. The van der Waals surface area contributed by atoms with E-state index in [4.69, 9.17) is 11.6 Å². The minimum absolute atomic E-state index is 0.00973. The van der Waals surface area contributed by atoms with Crippen LogP contribution in [0, 0.1) is 5.82 Å². The van der Waals surface area contributed by atoms with Crippen molar-refractivity contribution >= 4 is 46.7 Å². The zero-order valence-electron chi connectivity index (χ0n) is 12.2. The summed E-state index contributed by atoms with van der Waals surface area (Å²) in [4.78, 5) is 12.2. The Labute approximate surface area is 148 Å². The molecule has 23 heavy (non-hydrogen) atoms. The maximum Gasteiger partial charge on any atom is 0.255 e. The van der Waals surface area contributed by atoms with Crippen LogP contribution in [0.15, 0.2) is 42.5 Å². The topological polar surface area (TPSA) is 29.1 Å². The minimum atomic E-state index is -0.617. The molecule has 0 radical (unpaired) electrons. The van der Waals surface area contributed by atoms with E-state index in [0.717, 1.165) is 0 Å². The van der Waals surface area contributed by atoms with Gasteiger partial charge in [0, 0.05) is 5.56 Å². The van der Waals surface area contributed by atoms with Gasteiger partial charge >= 0.3 is 0 Å². The molecule has 2 aromatic rings. The van der Waals surface area contributed by atoms with E-state index >= 15 is 0 Å². The number of amides is 1. The summed E-state index contributed by atoms with van der Waals surface area (Å²) in [5.74, 6) is 1.39. The third-order valence-electron chi connectivity index (χ3n) is 3.47. The Bertz CT molecular complexity index is 702. The SMILES string of the molecule is O=C(Nc1cccc(Cl)c1F)c1ccc(C2SCCCS2)cc1. The Balaban J connectivity index is 1.71. The second-order valence-corrected chi connectivity index (χ2v) is 8.24. The van der Waals surface area contributed by atoms with Gasteiger partial charge in [-0.25, -0.2) is 4.39 Å². The summed E-state index contributed by atoms with van der Waals surface area (Å²) in [5, 5.41) is 2.55. The van der Waals surface area contributed by atoms with Crippen LogP contribution in [-0.4, -0.2) is 17.4 Å². The van der Waals surface area contributed by atoms with Crippen molar-refractivity contribution in [2.75, 3.05) is 16.8 Å². The van der Waals surface area contributed by atoms with Gasteiger partial charge in [0.05, 0.1) is 15.3 Å². The van der Waals surface area contributed by atoms with Crippen LogP contribution in [-0.2, 0) is 0 Å². The summed E-state index contributed by atoms with van der Waals surface area (Å²) in [6.45, 7) is 0. The molecule has 2 aromatic carbocycles. The van der Waals surface area contributed by atoms with E-state index in [-0.39, 0.29) is 16.6 Å². The highest BCUT2D eigenvalue weighted by molar-refractivity contribution is 8.16. The lowest BCUT2D eigenvalue weighted by atomic mass is 10.1. The van der Waals surface area contributed by atoms with Crippen molar-refractivity contribution < 1.29 is 9.18 Å². The van der Waals surface area contributed by atoms with E-state index in [2.05, 4.69) is 5.32 Å². The average molecular weight is 368 g/mol. The van der Waals surface area contributed by atoms with Gasteiger partial charge in [-0.05, 0) is 47.8 Å². The van der Waals surface area contributed by atoms with Crippen LogP contribution in [0.4, 0.5) is 10.1 Å². The van der Waals surface area contributed by atoms with Crippen LogP contribution in [0.2, 0.25) is 5.02 Å². The number of halogens is 2. The largest absolute Gasteiger partial charge is 0.319 e. The fraction of sp³-hybridized carbons (Fsp3) is 0.235. The average Bonchev–Trinajstić information content (AvgIpc) is 2.60. The summed E-state index contributed by atoms with van der Waals surface area (Å²) in [7, 11) is 0. The molecule has 0 spiro atoms. The summed E-state index contributed by atoms with van der Waals surface area (Å²) in [5.41, 5.74) is 1.80. The summed E-state index contributed by atoms with van der Waals surface area (Å²) < 4.78 is 14.3. The van der Waals surface area contributed by atoms with Gasteiger partial charge in [-0.15, -0.1) is 23.5 Å². The Morgan fingerprint density at radius 3 is 2.52 bits per heavy atom. The molecule has 0 atom stereocenters. The van der Waals surface area contributed by atoms with E-state index in [1.807, 2.05) is 35.7 Å². The maximum absolute atomic E-state index is 13.8. The summed E-state index contributed by atoms with van der Waals surface area (Å²) in [6.07, 6.45) is 1.25. The molecule has 1 aliphatic heterocycles. The van der Waals surface area contributed by atoms with Crippen LogP contribution in [0.5, 0.6) is 0 Å². The number of rotatable bonds is 3. The van der Waals surface area contributed by atoms with Gasteiger partial charge in [0.2, 0.25) is 0 Å². The molecule has 0 bridgehead atoms. The van der Waals surface area contributed by atoms with Crippen molar-refractivity contribution in [2.45, 2.75) is 11.0 Å². The van der Waals surface area contributed by atoms with Crippen molar-refractivity contribution in [1.82, 2.24) is 0 Å². The molecule has 1 saturated heterocycles. The fourth-order valence-corrected chi connectivity index (χ4v) is 5.34. The molecule has 6 heteroatoms. The lowest BCUT2D eigenvalue weighted by Gasteiger charge is -2.21. The quantitative estimate of drug-likeness (QED) is 0.765. The zero-order chi connectivity index (χ0) is 16.2. The number of benzene rings is 2. The second kappa shape index (κ2) is 7.60. The summed E-state index contributed by atoms with van der Waals surface area (Å²) in [6, 6.07) is 12.0. The number of hydrogen-bond donors (Lipinski definition) is 1. The van der Waals surface area contributed by atoms with Gasteiger partial charge in [-0.3, -0.25) is 4.79 Å². The first-order valence-electron chi connectivity index (χ1n) is 7.23. The number of nitrogens with one attached hydrogen (secondary N) is 1. The predicted octanol–water partition coefficient (Wildman–Crippen LogP) is 5.60. The van der Waals surface area contributed by atoms with Crippen LogP contribution in [0.3, 0.4) is 0 Å². The van der Waals surface area contributed by atoms with Crippen molar-refractivity contribution in [3.8, 4) is 0 Å². The summed E-state index contributed by atoms with van der Waals surface area (Å²) >= 11 is 9.59. The minimum Gasteiger partial charge on any atom is -0.319 e. The number of hydrogen-bond acceptors (Lipinski definition) is 3. The molecule has 1 fully saturated rings. The Kier molecular flexibility index (Phi) is 5.51. The molecule has 2 nitrogen and oxygen atoms in total. The van der Waals surface area contributed by atoms with Crippen LogP contribution >= 0.6 is 35.1 Å². The predicted molar refractivity (Wildman–Crippen MR) is 98.1 cm³/mol. The molecule has 0 saturated carbocycles. The number of anilines is 1. The van der Waals surface area contributed by atoms with Crippen molar-refractivity contribution in [3.63, 3.8) is 0 Å². The Morgan fingerprint density at radius 2 is 1.83 bits per heavy atom. The fourth-order valence-electron chi connectivity index (χ4n) is 2.27. The first-order valence-corrected chi connectivity index (χ1v) is 9.71. The molecule has 1 heterocycles. The van der Waals surface area contributed by atoms with Crippen molar-refractivity contribution in [1.29, 1.82) is 0 Å². The zero-order valence-corrected chi connectivity index (χ0v) is 14.6. The van der Waals surface area contributed by atoms with E-state index in [9.17, 15) is 9.18 Å². The van der Waals surface area contributed by atoms with Gasteiger partial charge in [-0.2, -0.15) is 0 Å². The lowest BCUT2D eigenvalue weighted by molar-refractivity contribution is 0.102. The van der Waals surface area contributed by atoms with Gasteiger partial charge < -0.3 is 5.32 Å². The highest BCUT2D eigenvalue weighted by atomic mass is 35.5. The molecule has 1 aliphatic rings.